The predicted molar refractivity (Wildman–Crippen MR) is 98.0 cm³/mol. The molecule has 0 spiro atoms. The summed E-state index contributed by atoms with van der Waals surface area (Å²) in [5.74, 6) is 0.299. The van der Waals surface area contributed by atoms with Crippen LogP contribution >= 0.6 is 0 Å². The van der Waals surface area contributed by atoms with Gasteiger partial charge < -0.3 is 10.1 Å². The van der Waals surface area contributed by atoms with E-state index >= 15 is 0 Å². The van der Waals surface area contributed by atoms with E-state index in [1.165, 1.54) is 6.92 Å². The second-order valence-corrected chi connectivity index (χ2v) is 5.69. The lowest BCUT2D eigenvalue weighted by Crippen LogP contribution is -2.17. The molecule has 6 heteroatoms. The number of rotatable bonds is 6. The van der Waals surface area contributed by atoms with Gasteiger partial charge in [0.05, 0.1) is 12.3 Å². The van der Waals surface area contributed by atoms with E-state index in [0.717, 1.165) is 11.3 Å². The Morgan fingerprint density at radius 2 is 1.68 bits per heavy atom. The zero-order chi connectivity index (χ0) is 18.2. The first kappa shape index (κ1) is 18.2. The standard InChI is InChI=1S/C19H21N3O3/c1-13(2)25-18-10-4-15(5-11-18)12-20-22-19(24)16-6-8-17(9-7-16)21-14(3)23/h4-13H,1-3H3,(H,21,23)(H,22,24). The van der Waals surface area contributed by atoms with Crippen LogP contribution in [0.15, 0.2) is 53.6 Å². The fourth-order valence-electron chi connectivity index (χ4n) is 2.04. The monoisotopic (exact) mass is 339 g/mol. The molecule has 0 radical (unpaired) electrons. The Bertz CT molecular complexity index is 750. The first-order valence-corrected chi connectivity index (χ1v) is 7.92. The molecule has 0 saturated carbocycles. The molecule has 0 fully saturated rings. The number of hydrazone groups is 1. The normalized spacial score (nSPS) is 10.7. The molecular formula is C19H21N3O3. The number of benzene rings is 2. The molecule has 0 aliphatic carbocycles. The van der Waals surface area contributed by atoms with Gasteiger partial charge in [-0.3, -0.25) is 9.59 Å². The molecule has 0 heterocycles. The van der Waals surface area contributed by atoms with Crippen LogP contribution in [0.25, 0.3) is 0 Å². The van der Waals surface area contributed by atoms with Crippen LogP contribution in [0.5, 0.6) is 5.75 Å². The van der Waals surface area contributed by atoms with Crippen LogP contribution < -0.4 is 15.5 Å². The Morgan fingerprint density at radius 1 is 1.04 bits per heavy atom. The van der Waals surface area contributed by atoms with Gasteiger partial charge in [0.15, 0.2) is 0 Å². The SMILES string of the molecule is CC(=O)Nc1ccc(C(=O)NN=Cc2ccc(OC(C)C)cc2)cc1. The molecule has 2 N–H and O–H groups in total. The summed E-state index contributed by atoms with van der Waals surface area (Å²) < 4.78 is 5.56. The topological polar surface area (TPSA) is 79.8 Å². The van der Waals surface area contributed by atoms with Crippen LogP contribution in [-0.2, 0) is 4.79 Å². The van der Waals surface area contributed by atoms with Crippen LogP contribution in [0.2, 0.25) is 0 Å². The summed E-state index contributed by atoms with van der Waals surface area (Å²) in [7, 11) is 0. The van der Waals surface area contributed by atoms with E-state index in [1.54, 1.807) is 30.5 Å². The van der Waals surface area contributed by atoms with E-state index < -0.39 is 0 Å². The van der Waals surface area contributed by atoms with Crippen LogP contribution in [0.3, 0.4) is 0 Å². The first-order chi connectivity index (χ1) is 11.9. The average Bonchev–Trinajstić information content (AvgIpc) is 2.56. The van der Waals surface area contributed by atoms with Crippen molar-refractivity contribution in [2.45, 2.75) is 26.9 Å². The van der Waals surface area contributed by atoms with Gasteiger partial charge in [0, 0.05) is 18.2 Å². The third kappa shape index (κ3) is 6.10. The van der Waals surface area contributed by atoms with Crippen molar-refractivity contribution in [1.29, 1.82) is 0 Å². The number of nitrogens with zero attached hydrogens (tertiary/aromatic N) is 1. The number of hydrogen-bond acceptors (Lipinski definition) is 4. The third-order valence-corrected chi connectivity index (χ3v) is 3.10. The molecule has 6 nitrogen and oxygen atoms in total. The van der Waals surface area contributed by atoms with E-state index in [9.17, 15) is 9.59 Å². The van der Waals surface area contributed by atoms with Crippen LogP contribution in [0.4, 0.5) is 5.69 Å². The maximum Gasteiger partial charge on any atom is 0.271 e. The molecule has 0 unspecified atom stereocenters. The molecule has 2 rings (SSSR count). The molecule has 0 aromatic heterocycles. The summed E-state index contributed by atoms with van der Waals surface area (Å²) in [6.07, 6.45) is 1.68. The van der Waals surface area contributed by atoms with Crippen molar-refractivity contribution in [2.24, 2.45) is 5.10 Å². The second-order valence-electron chi connectivity index (χ2n) is 5.69. The molecule has 2 amide bonds. The average molecular weight is 339 g/mol. The highest BCUT2D eigenvalue weighted by Crippen LogP contribution is 2.13. The third-order valence-electron chi connectivity index (χ3n) is 3.10. The van der Waals surface area contributed by atoms with Crippen molar-refractivity contribution < 1.29 is 14.3 Å². The zero-order valence-corrected chi connectivity index (χ0v) is 14.4. The minimum atomic E-state index is -0.328. The summed E-state index contributed by atoms with van der Waals surface area (Å²) in [5.41, 5.74) is 4.40. The van der Waals surface area contributed by atoms with Gasteiger partial charge in [-0.1, -0.05) is 0 Å². The molecule has 0 aliphatic rings. The minimum absolute atomic E-state index is 0.121. The molecule has 130 valence electrons. The molecule has 2 aromatic carbocycles. The molecule has 0 saturated heterocycles. The first-order valence-electron chi connectivity index (χ1n) is 7.92. The van der Waals surface area contributed by atoms with Gasteiger partial charge in [-0.15, -0.1) is 0 Å². The number of anilines is 1. The van der Waals surface area contributed by atoms with Gasteiger partial charge in [0.1, 0.15) is 5.75 Å². The lowest BCUT2D eigenvalue weighted by Gasteiger charge is -2.09. The number of nitrogens with one attached hydrogen (secondary N) is 2. The molecule has 0 atom stereocenters. The summed E-state index contributed by atoms with van der Waals surface area (Å²) in [6.45, 7) is 5.36. The Hall–Kier alpha value is -3.15. The largest absolute Gasteiger partial charge is 0.491 e. The summed E-state index contributed by atoms with van der Waals surface area (Å²) in [6, 6.07) is 14.0. The number of amides is 2. The van der Waals surface area contributed by atoms with Gasteiger partial charge in [0.2, 0.25) is 5.91 Å². The van der Waals surface area contributed by atoms with Crippen LogP contribution in [0.1, 0.15) is 36.7 Å². The smallest absolute Gasteiger partial charge is 0.271 e. The lowest BCUT2D eigenvalue weighted by atomic mass is 10.2. The van der Waals surface area contributed by atoms with Crippen molar-refractivity contribution in [3.63, 3.8) is 0 Å². The highest BCUT2D eigenvalue weighted by atomic mass is 16.5. The molecule has 2 aromatic rings. The molecule has 25 heavy (non-hydrogen) atoms. The van der Waals surface area contributed by atoms with Crippen molar-refractivity contribution in [1.82, 2.24) is 5.43 Å². The Labute approximate surface area is 146 Å². The summed E-state index contributed by atoms with van der Waals surface area (Å²) >= 11 is 0. The van der Waals surface area contributed by atoms with Gasteiger partial charge in [-0.2, -0.15) is 5.10 Å². The van der Waals surface area contributed by atoms with Crippen molar-refractivity contribution in [3.8, 4) is 5.75 Å². The highest BCUT2D eigenvalue weighted by Gasteiger charge is 2.04. The van der Waals surface area contributed by atoms with Gasteiger partial charge in [-0.25, -0.2) is 5.43 Å². The van der Waals surface area contributed by atoms with E-state index in [1.807, 2.05) is 38.1 Å². The van der Waals surface area contributed by atoms with E-state index in [0.29, 0.717) is 11.3 Å². The summed E-state index contributed by atoms with van der Waals surface area (Å²) in [4.78, 5) is 23.0. The predicted octanol–water partition coefficient (Wildman–Crippen LogP) is 3.20. The maximum atomic E-state index is 12.0. The van der Waals surface area contributed by atoms with Crippen LogP contribution in [-0.4, -0.2) is 24.1 Å². The second kappa shape index (κ2) is 8.63. The van der Waals surface area contributed by atoms with Gasteiger partial charge in [0.25, 0.3) is 5.91 Å². The van der Waals surface area contributed by atoms with Crippen molar-refractivity contribution in [3.05, 3.63) is 59.7 Å². The number of hydrogen-bond donors (Lipinski definition) is 2. The quantitative estimate of drug-likeness (QED) is 0.626. The van der Waals surface area contributed by atoms with Gasteiger partial charge >= 0.3 is 0 Å². The lowest BCUT2D eigenvalue weighted by molar-refractivity contribution is -0.114. The van der Waals surface area contributed by atoms with Crippen molar-refractivity contribution >= 4 is 23.7 Å². The maximum absolute atomic E-state index is 12.0. The van der Waals surface area contributed by atoms with Crippen LogP contribution in [0, 0.1) is 0 Å². The summed E-state index contributed by atoms with van der Waals surface area (Å²) in [5, 5.41) is 6.59. The minimum Gasteiger partial charge on any atom is -0.491 e. The zero-order valence-electron chi connectivity index (χ0n) is 14.4. The fourth-order valence-corrected chi connectivity index (χ4v) is 2.04. The fraction of sp³-hybridized carbons (Fsp3) is 0.211. The number of carbonyl (C=O) groups is 2. The number of carbonyl (C=O) groups excluding carboxylic acids is 2. The number of ether oxygens (including phenoxy) is 1. The molecule has 0 aliphatic heterocycles. The Morgan fingerprint density at radius 3 is 2.24 bits per heavy atom. The Kier molecular flexibility index (Phi) is 6.28. The highest BCUT2D eigenvalue weighted by molar-refractivity contribution is 5.96. The Balaban J connectivity index is 1.90. The van der Waals surface area contributed by atoms with E-state index in [4.69, 9.17) is 4.74 Å². The van der Waals surface area contributed by atoms with Crippen molar-refractivity contribution in [2.75, 3.05) is 5.32 Å². The van der Waals surface area contributed by atoms with E-state index in [2.05, 4.69) is 15.8 Å². The molecular weight excluding hydrogens is 318 g/mol. The van der Waals surface area contributed by atoms with E-state index in [-0.39, 0.29) is 17.9 Å². The molecule has 0 bridgehead atoms. The van der Waals surface area contributed by atoms with Gasteiger partial charge in [-0.05, 0) is 67.9 Å².